The Balaban J connectivity index is 3.19. The second-order valence-corrected chi connectivity index (χ2v) is 12.1. The van der Waals surface area contributed by atoms with Crippen molar-refractivity contribution in [3.8, 4) is 0 Å². The Morgan fingerprint density at radius 1 is 0.740 bits per heavy atom. The Morgan fingerprint density at radius 3 is 1.76 bits per heavy atom. The molecule has 280 valence electrons. The Morgan fingerprint density at radius 2 is 1.30 bits per heavy atom. The Labute approximate surface area is 286 Å². The first-order valence-electron chi connectivity index (χ1n) is 15.6. The van der Waals surface area contributed by atoms with Crippen LogP contribution in [0.5, 0.6) is 0 Å². The number of nitrogens with one attached hydrogen (secondary N) is 5. The van der Waals surface area contributed by atoms with Crippen LogP contribution in [-0.2, 0) is 47.9 Å². The van der Waals surface area contributed by atoms with E-state index in [-0.39, 0.29) is 19.4 Å². The van der Waals surface area contributed by atoms with Crippen LogP contribution in [0.1, 0.15) is 66.2 Å². The van der Waals surface area contributed by atoms with Crippen molar-refractivity contribution in [2.75, 3.05) is 6.54 Å². The molecule has 8 amide bonds. The van der Waals surface area contributed by atoms with Crippen LogP contribution < -0.4 is 38.1 Å². The van der Waals surface area contributed by atoms with Crippen molar-refractivity contribution < 1.29 is 63.3 Å². The van der Waals surface area contributed by atoms with Gasteiger partial charge < -0.3 is 58.3 Å². The van der Waals surface area contributed by atoms with Gasteiger partial charge in [0.2, 0.25) is 47.3 Å². The summed E-state index contributed by atoms with van der Waals surface area (Å²) in [7, 11) is 0. The number of carboxylic acid groups (broad SMARTS) is 2. The molecule has 0 aromatic carbocycles. The second-order valence-electron chi connectivity index (χ2n) is 12.1. The van der Waals surface area contributed by atoms with Gasteiger partial charge in [-0.2, -0.15) is 0 Å². The summed E-state index contributed by atoms with van der Waals surface area (Å²) in [4.78, 5) is 124. The van der Waals surface area contributed by atoms with Crippen LogP contribution in [0.4, 0.5) is 0 Å². The third kappa shape index (κ3) is 13.6. The highest BCUT2D eigenvalue weighted by atomic mass is 16.4. The van der Waals surface area contributed by atoms with Crippen molar-refractivity contribution in [2.45, 2.75) is 109 Å². The molecular formula is C29H46N8O13. The lowest BCUT2D eigenvalue weighted by Gasteiger charge is -2.31. The average molecular weight is 715 g/mol. The van der Waals surface area contributed by atoms with E-state index in [1.165, 1.54) is 13.8 Å². The number of aliphatic carboxylic acids is 2. The van der Waals surface area contributed by atoms with Crippen molar-refractivity contribution in [3.63, 3.8) is 0 Å². The van der Waals surface area contributed by atoms with E-state index in [0.29, 0.717) is 6.42 Å². The number of carbonyl (C=O) groups excluding carboxylic acids is 8. The van der Waals surface area contributed by atoms with Gasteiger partial charge in [0.05, 0.1) is 18.9 Å². The van der Waals surface area contributed by atoms with E-state index in [0.717, 1.165) is 18.7 Å². The number of amides is 8. The molecule has 21 heteroatoms. The topological polar surface area (TPSA) is 347 Å². The molecule has 1 fully saturated rings. The Bertz CT molecular complexity index is 1320. The van der Waals surface area contributed by atoms with Gasteiger partial charge >= 0.3 is 11.9 Å². The number of nitrogens with zero attached hydrogens (tertiary/aromatic N) is 1. The first kappa shape index (κ1) is 42.7. The van der Waals surface area contributed by atoms with Gasteiger partial charge in [0.1, 0.15) is 36.3 Å². The van der Waals surface area contributed by atoms with Gasteiger partial charge in [0.25, 0.3) is 0 Å². The van der Waals surface area contributed by atoms with Crippen LogP contribution in [0.3, 0.4) is 0 Å². The molecule has 1 rings (SSSR count). The summed E-state index contributed by atoms with van der Waals surface area (Å²) >= 11 is 0. The van der Waals surface area contributed by atoms with E-state index in [2.05, 4.69) is 26.6 Å². The summed E-state index contributed by atoms with van der Waals surface area (Å²) in [5.41, 5.74) is 10.6. The smallest absolute Gasteiger partial charge is 0.305 e. The van der Waals surface area contributed by atoms with Crippen LogP contribution in [0.25, 0.3) is 0 Å². The number of aliphatic hydroxyl groups is 1. The number of likely N-dealkylation sites (tertiary alicyclic amines) is 1. The minimum Gasteiger partial charge on any atom is -0.481 e. The number of hydrogen-bond donors (Lipinski definition) is 10. The Hall–Kier alpha value is -5.34. The van der Waals surface area contributed by atoms with Gasteiger partial charge in [0, 0.05) is 19.9 Å². The highest BCUT2D eigenvalue weighted by molar-refractivity contribution is 5.99. The van der Waals surface area contributed by atoms with Crippen LogP contribution in [0.2, 0.25) is 0 Å². The van der Waals surface area contributed by atoms with Crippen LogP contribution >= 0.6 is 0 Å². The van der Waals surface area contributed by atoms with Crippen molar-refractivity contribution in [2.24, 2.45) is 17.4 Å². The van der Waals surface area contributed by atoms with E-state index in [1.807, 2.05) is 0 Å². The maximum absolute atomic E-state index is 13.6. The first-order valence-corrected chi connectivity index (χ1v) is 15.6. The minimum atomic E-state index is -1.75. The summed E-state index contributed by atoms with van der Waals surface area (Å²) in [6.07, 6.45) is -3.57. The summed E-state index contributed by atoms with van der Waals surface area (Å²) in [6.45, 7) is 5.19. The molecule has 0 radical (unpaired) electrons. The fourth-order valence-electron chi connectivity index (χ4n) is 5.04. The zero-order valence-electron chi connectivity index (χ0n) is 28.1. The quantitative estimate of drug-likeness (QED) is 0.0566. The second kappa shape index (κ2) is 19.6. The summed E-state index contributed by atoms with van der Waals surface area (Å²) in [6, 6.07) is -8.99. The largest absolute Gasteiger partial charge is 0.481 e. The van der Waals surface area contributed by atoms with E-state index in [1.54, 1.807) is 0 Å². The molecule has 0 bridgehead atoms. The third-order valence-electron chi connectivity index (χ3n) is 7.55. The predicted molar refractivity (Wildman–Crippen MR) is 169 cm³/mol. The van der Waals surface area contributed by atoms with Crippen molar-refractivity contribution in [1.29, 1.82) is 0 Å². The molecule has 1 aliphatic rings. The third-order valence-corrected chi connectivity index (χ3v) is 7.55. The number of hydrogen-bond acceptors (Lipinski definition) is 11. The van der Waals surface area contributed by atoms with Gasteiger partial charge in [0.15, 0.2) is 0 Å². The summed E-state index contributed by atoms with van der Waals surface area (Å²) in [5, 5.41) is 39.8. The lowest BCUT2D eigenvalue weighted by Crippen LogP contribution is -2.62. The fraction of sp³-hybridized carbons (Fsp3) is 0.655. The van der Waals surface area contributed by atoms with Gasteiger partial charge in [-0.05, 0) is 32.1 Å². The number of carboxylic acids is 2. The van der Waals surface area contributed by atoms with Crippen molar-refractivity contribution in [1.82, 2.24) is 31.5 Å². The highest BCUT2D eigenvalue weighted by Crippen LogP contribution is 2.20. The maximum atomic E-state index is 13.6. The lowest BCUT2D eigenvalue weighted by molar-refractivity contribution is -0.144. The van der Waals surface area contributed by atoms with Gasteiger partial charge in [-0.3, -0.25) is 47.9 Å². The molecule has 1 saturated heterocycles. The molecule has 0 aromatic rings. The molecule has 0 aromatic heterocycles. The van der Waals surface area contributed by atoms with E-state index >= 15 is 0 Å². The number of rotatable bonds is 20. The van der Waals surface area contributed by atoms with Crippen molar-refractivity contribution >= 4 is 59.2 Å². The maximum Gasteiger partial charge on any atom is 0.305 e. The molecule has 1 aliphatic heterocycles. The van der Waals surface area contributed by atoms with E-state index < -0.39 is 127 Å². The molecule has 0 spiro atoms. The minimum absolute atomic E-state index is 0.00898. The monoisotopic (exact) mass is 714 g/mol. The zero-order chi connectivity index (χ0) is 38.5. The zero-order valence-corrected chi connectivity index (χ0v) is 28.1. The first-order chi connectivity index (χ1) is 23.2. The number of primary amides is 2. The SMILES string of the molecule is CC(=O)N[C@@H](CC(=O)O)C(=O)N[C@H](C(=O)N[C@@H](CC(N)=O)C(=O)N[C@H](C(=O)N1CCC[C@H]1C(=O)N[C@@H](CCC(=O)O)C(N)=O)[C@@H](C)O)C(C)C. The van der Waals surface area contributed by atoms with Crippen LogP contribution in [0.15, 0.2) is 0 Å². The average Bonchev–Trinajstić information content (AvgIpc) is 3.48. The predicted octanol–water partition coefficient (Wildman–Crippen LogP) is -4.84. The van der Waals surface area contributed by atoms with Gasteiger partial charge in [-0.25, -0.2) is 0 Å². The number of aliphatic hydroxyl groups excluding tert-OH is 1. The fourth-order valence-corrected chi connectivity index (χ4v) is 5.04. The molecule has 0 unspecified atom stereocenters. The van der Waals surface area contributed by atoms with E-state index in [9.17, 15) is 53.1 Å². The molecule has 0 saturated carbocycles. The number of nitrogens with two attached hydrogens (primary N) is 2. The van der Waals surface area contributed by atoms with Crippen LogP contribution in [-0.4, -0.2) is 128 Å². The van der Waals surface area contributed by atoms with Crippen molar-refractivity contribution in [3.05, 3.63) is 0 Å². The molecule has 7 atom stereocenters. The molecule has 0 aliphatic carbocycles. The molecule has 12 N–H and O–H groups in total. The van der Waals surface area contributed by atoms with Gasteiger partial charge in [-0.15, -0.1) is 0 Å². The Kier molecular flexibility index (Phi) is 16.7. The van der Waals surface area contributed by atoms with E-state index in [4.69, 9.17) is 21.7 Å². The van der Waals surface area contributed by atoms with Crippen LogP contribution in [0, 0.1) is 5.92 Å². The highest BCUT2D eigenvalue weighted by Gasteiger charge is 2.41. The molecule has 50 heavy (non-hydrogen) atoms. The molecule has 21 nitrogen and oxygen atoms in total. The standard InChI is InChI=1S/C29H46N8O13/c1-12(2)22(35-26(47)17(11-21(43)44)32-14(4)39)28(49)34-16(10-19(30)40)25(46)36-23(13(3)38)29(50)37-9-5-6-18(37)27(48)33-15(24(31)45)7-8-20(41)42/h12-13,15-18,22-23,38H,5-11H2,1-4H3,(H2,30,40)(H2,31,45)(H,32,39)(H,33,48)(H,34,49)(H,35,47)(H,36,46)(H,41,42)(H,43,44)/t13-,15+,16+,17+,18+,22+,23+/m1/s1. The summed E-state index contributed by atoms with van der Waals surface area (Å²) < 4.78 is 0. The number of carbonyl (C=O) groups is 10. The molecule has 1 heterocycles. The normalized spacial score (nSPS) is 17.6. The lowest BCUT2D eigenvalue weighted by atomic mass is 10.0. The van der Waals surface area contributed by atoms with Gasteiger partial charge in [-0.1, -0.05) is 13.8 Å². The summed E-state index contributed by atoms with van der Waals surface area (Å²) in [5.74, 6) is -11.1. The molecular weight excluding hydrogens is 668 g/mol.